The molecule has 2 rings (SSSR count). The lowest BCUT2D eigenvalue weighted by atomic mass is 9.97. The summed E-state index contributed by atoms with van der Waals surface area (Å²) in [6.45, 7) is 6.06. The second-order valence-corrected chi connectivity index (χ2v) is 7.11. The molecule has 1 aliphatic rings. The second-order valence-electron chi connectivity index (χ2n) is 6.20. The van der Waals surface area contributed by atoms with Crippen molar-refractivity contribution >= 4 is 22.0 Å². The molecule has 1 heterocycles. The molecule has 1 aromatic rings. The Balaban J connectivity index is 2.11. The van der Waals surface area contributed by atoms with E-state index in [1.807, 2.05) is 0 Å². The van der Waals surface area contributed by atoms with Crippen LogP contribution < -0.4 is 0 Å². The van der Waals surface area contributed by atoms with Crippen LogP contribution in [0.2, 0.25) is 0 Å². The summed E-state index contributed by atoms with van der Waals surface area (Å²) in [7, 11) is 0. The van der Waals surface area contributed by atoms with E-state index in [1.54, 1.807) is 20.8 Å². The number of benzene rings is 1. The van der Waals surface area contributed by atoms with Crippen molar-refractivity contribution in [3.8, 4) is 0 Å². The van der Waals surface area contributed by atoms with Gasteiger partial charge in [-0.3, -0.25) is 0 Å². The fourth-order valence-corrected chi connectivity index (χ4v) is 2.83. The largest absolute Gasteiger partial charge is 0.444 e. The third-order valence-electron chi connectivity index (χ3n) is 3.29. The lowest BCUT2D eigenvalue weighted by Gasteiger charge is -2.24. The predicted octanol–water partition coefficient (Wildman–Crippen LogP) is 4.45. The SMILES string of the molecule is CC(C)(C)OC(=O)N1CCC(c2c(F)cc(Br)cc2F)C1. The Bertz CT molecular complexity index is 534. The van der Waals surface area contributed by atoms with Crippen molar-refractivity contribution in [3.63, 3.8) is 0 Å². The number of carbonyl (C=O) groups is 1. The smallest absolute Gasteiger partial charge is 0.410 e. The number of hydrogen-bond acceptors (Lipinski definition) is 2. The highest BCUT2D eigenvalue weighted by molar-refractivity contribution is 9.10. The Morgan fingerprint density at radius 2 is 1.90 bits per heavy atom. The molecule has 1 saturated heterocycles. The number of halogens is 3. The number of hydrogen-bond donors (Lipinski definition) is 0. The highest BCUT2D eigenvalue weighted by atomic mass is 79.9. The minimum atomic E-state index is -0.585. The Morgan fingerprint density at radius 3 is 2.43 bits per heavy atom. The van der Waals surface area contributed by atoms with Gasteiger partial charge in [-0.25, -0.2) is 13.6 Å². The summed E-state index contributed by atoms with van der Waals surface area (Å²) < 4.78 is 33.6. The van der Waals surface area contributed by atoms with Crippen LogP contribution in [0.1, 0.15) is 38.7 Å². The van der Waals surface area contributed by atoms with E-state index in [0.29, 0.717) is 17.4 Å². The van der Waals surface area contributed by atoms with E-state index in [9.17, 15) is 13.6 Å². The van der Waals surface area contributed by atoms with Crippen LogP contribution in [0.25, 0.3) is 0 Å². The molecule has 1 aliphatic heterocycles. The van der Waals surface area contributed by atoms with Crippen molar-refractivity contribution in [2.45, 2.75) is 38.7 Å². The summed E-state index contributed by atoms with van der Waals surface area (Å²) in [4.78, 5) is 13.5. The average molecular weight is 362 g/mol. The molecule has 0 aromatic heterocycles. The van der Waals surface area contributed by atoms with E-state index in [0.717, 1.165) is 0 Å². The maximum atomic E-state index is 14.0. The van der Waals surface area contributed by atoms with Gasteiger partial charge in [0.15, 0.2) is 0 Å². The van der Waals surface area contributed by atoms with Gasteiger partial charge in [-0.05, 0) is 39.3 Å². The summed E-state index contributed by atoms with van der Waals surface area (Å²) in [5.41, 5.74) is -0.534. The molecule has 0 radical (unpaired) electrons. The molecular formula is C15H18BrF2NO2. The molecule has 1 unspecified atom stereocenters. The van der Waals surface area contributed by atoms with Crippen LogP contribution in [-0.2, 0) is 4.74 Å². The third-order valence-corrected chi connectivity index (χ3v) is 3.75. The molecule has 21 heavy (non-hydrogen) atoms. The summed E-state index contributed by atoms with van der Waals surface area (Å²) in [5.74, 6) is -1.51. The van der Waals surface area contributed by atoms with Crippen molar-refractivity contribution in [2.75, 3.05) is 13.1 Å². The van der Waals surface area contributed by atoms with Crippen molar-refractivity contribution in [2.24, 2.45) is 0 Å². The Kier molecular flexibility index (Phi) is 4.56. The molecule has 3 nitrogen and oxygen atoms in total. The highest BCUT2D eigenvalue weighted by Gasteiger charge is 2.33. The van der Waals surface area contributed by atoms with Gasteiger partial charge in [-0.15, -0.1) is 0 Å². The van der Waals surface area contributed by atoms with Crippen LogP contribution in [0.15, 0.2) is 16.6 Å². The number of carbonyl (C=O) groups excluding carboxylic acids is 1. The Labute approximate surface area is 131 Å². The lowest BCUT2D eigenvalue weighted by Crippen LogP contribution is -2.35. The summed E-state index contributed by atoms with van der Waals surface area (Å²) >= 11 is 3.06. The molecule has 1 fully saturated rings. The van der Waals surface area contributed by atoms with Crippen LogP contribution in [0.3, 0.4) is 0 Å². The third kappa shape index (κ3) is 3.93. The highest BCUT2D eigenvalue weighted by Crippen LogP contribution is 2.33. The van der Waals surface area contributed by atoms with Crippen molar-refractivity contribution in [3.05, 3.63) is 33.8 Å². The van der Waals surface area contributed by atoms with Crippen molar-refractivity contribution in [1.29, 1.82) is 0 Å². The molecule has 0 aliphatic carbocycles. The van der Waals surface area contributed by atoms with Gasteiger partial charge in [0.05, 0.1) is 0 Å². The normalized spacial score (nSPS) is 19.0. The van der Waals surface area contributed by atoms with Gasteiger partial charge in [0.1, 0.15) is 17.2 Å². The zero-order valence-electron chi connectivity index (χ0n) is 12.3. The first-order chi connectivity index (χ1) is 9.67. The summed E-state index contributed by atoms with van der Waals surface area (Å²) in [6.07, 6.45) is 0.0808. The topological polar surface area (TPSA) is 29.5 Å². The van der Waals surface area contributed by atoms with Crippen molar-refractivity contribution in [1.82, 2.24) is 4.90 Å². The van der Waals surface area contributed by atoms with Gasteiger partial charge >= 0.3 is 6.09 Å². The minimum Gasteiger partial charge on any atom is -0.444 e. The maximum absolute atomic E-state index is 14.0. The van der Waals surface area contributed by atoms with Crippen LogP contribution in [0.4, 0.5) is 13.6 Å². The van der Waals surface area contributed by atoms with Crippen LogP contribution >= 0.6 is 15.9 Å². The second kappa shape index (κ2) is 5.91. The Hall–Kier alpha value is -1.17. The van der Waals surface area contributed by atoms with Crippen molar-refractivity contribution < 1.29 is 18.3 Å². The number of nitrogens with zero attached hydrogens (tertiary/aromatic N) is 1. The molecule has 6 heteroatoms. The zero-order chi connectivity index (χ0) is 15.8. The summed E-state index contributed by atoms with van der Waals surface area (Å²) in [6, 6.07) is 2.49. The first-order valence-corrected chi connectivity index (χ1v) is 7.59. The van der Waals surface area contributed by atoms with Gasteiger partial charge in [-0.1, -0.05) is 15.9 Å². The van der Waals surface area contributed by atoms with Gasteiger partial charge in [0.2, 0.25) is 0 Å². The number of ether oxygens (including phenoxy) is 1. The minimum absolute atomic E-state index is 0.0456. The first-order valence-electron chi connectivity index (χ1n) is 6.80. The van der Waals surface area contributed by atoms with E-state index in [-0.39, 0.29) is 18.0 Å². The van der Waals surface area contributed by atoms with Gasteiger partial charge in [0.25, 0.3) is 0 Å². The molecule has 1 atom stereocenters. The zero-order valence-corrected chi connectivity index (χ0v) is 13.8. The van der Waals surface area contributed by atoms with Gasteiger partial charge < -0.3 is 9.64 Å². The Morgan fingerprint density at radius 1 is 1.33 bits per heavy atom. The van der Waals surface area contributed by atoms with E-state index in [1.165, 1.54) is 17.0 Å². The average Bonchev–Trinajstić information content (AvgIpc) is 2.74. The summed E-state index contributed by atoms with van der Waals surface area (Å²) in [5, 5.41) is 0. The van der Waals surface area contributed by atoms with Gasteiger partial charge in [0, 0.05) is 29.0 Å². The fraction of sp³-hybridized carbons (Fsp3) is 0.533. The lowest BCUT2D eigenvalue weighted by molar-refractivity contribution is 0.0292. The van der Waals surface area contributed by atoms with E-state index >= 15 is 0 Å². The van der Waals surface area contributed by atoms with Crippen LogP contribution in [0, 0.1) is 11.6 Å². The molecular weight excluding hydrogens is 344 g/mol. The molecule has 116 valence electrons. The molecule has 0 spiro atoms. The van der Waals surface area contributed by atoms with E-state index < -0.39 is 23.3 Å². The monoisotopic (exact) mass is 361 g/mol. The molecule has 1 aromatic carbocycles. The maximum Gasteiger partial charge on any atom is 0.410 e. The van der Waals surface area contributed by atoms with Crippen LogP contribution in [0.5, 0.6) is 0 Å². The van der Waals surface area contributed by atoms with Gasteiger partial charge in [-0.2, -0.15) is 0 Å². The molecule has 0 bridgehead atoms. The quantitative estimate of drug-likeness (QED) is 0.739. The molecule has 0 saturated carbocycles. The predicted molar refractivity (Wildman–Crippen MR) is 79.2 cm³/mol. The molecule has 0 N–H and O–H groups in total. The number of likely N-dealkylation sites (tertiary alicyclic amines) is 1. The number of rotatable bonds is 1. The fourth-order valence-electron chi connectivity index (χ4n) is 2.43. The first kappa shape index (κ1) is 16.2. The van der Waals surface area contributed by atoms with Crippen LogP contribution in [-0.4, -0.2) is 29.7 Å². The standard InChI is InChI=1S/C15H18BrF2NO2/c1-15(2,3)21-14(20)19-5-4-9(8-19)13-11(17)6-10(16)7-12(13)18/h6-7,9H,4-5,8H2,1-3H3. The van der Waals surface area contributed by atoms with E-state index in [4.69, 9.17) is 4.74 Å². The number of amides is 1. The van der Waals surface area contributed by atoms with E-state index in [2.05, 4.69) is 15.9 Å². The molecule has 1 amide bonds.